The van der Waals surface area contributed by atoms with E-state index >= 15 is 0 Å². The number of aromatic amines is 1. The molecule has 118 valence electrons. The number of sulfonamides is 1. The number of carbonyl (C=O) groups excluding carboxylic acids is 1. The lowest BCUT2D eigenvalue weighted by Gasteiger charge is -2.17. The quantitative estimate of drug-likeness (QED) is 0.631. The van der Waals surface area contributed by atoms with Crippen LogP contribution in [0.3, 0.4) is 0 Å². The number of aromatic carboxylic acids is 1. The van der Waals surface area contributed by atoms with Crippen LogP contribution in [0, 0.1) is 5.92 Å². The molecule has 9 heteroatoms. The van der Waals surface area contributed by atoms with Crippen LogP contribution < -0.4 is 4.72 Å². The second kappa shape index (κ2) is 6.72. The number of rotatable bonds is 7. The van der Waals surface area contributed by atoms with E-state index in [-0.39, 0.29) is 22.9 Å². The summed E-state index contributed by atoms with van der Waals surface area (Å²) in [5.74, 6) is -1.90. The predicted octanol–water partition coefficient (Wildman–Crippen LogP) is 0.579. The maximum Gasteiger partial charge on any atom is 0.352 e. The van der Waals surface area contributed by atoms with Gasteiger partial charge in [0, 0.05) is 6.20 Å². The highest BCUT2D eigenvalue weighted by Gasteiger charge is 2.28. The molecule has 8 nitrogen and oxygen atoms in total. The molecule has 0 aromatic carbocycles. The van der Waals surface area contributed by atoms with Crippen molar-refractivity contribution in [3.63, 3.8) is 0 Å². The topological polar surface area (TPSA) is 126 Å². The minimum Gasteiger partial charge on any atom is -0.477 e. The van der Waals surface area contributed by atoms with E-state index in [0.29, 0.717) is 0 Å². The van der Waals surface area contributed by atoms with Gasteiger partial charge in [0.1, 0.15) is 16.6 Å². The van der Waals surface area contributed by atoms with Crippen molar-refractivity contribution in [3.8, 4) is 0 Å². The van der Waals surface area contributed by atoms with Gasteiger partial charge < -0.3 is 14.8 Å². The first kappa shape index (κ1) is 17.2. The van der Waals surface area contributed by atoms with Crippen molar-refractivity contribution in [2.24, 2.45) is 5.92 Å². The first-order chi connectivity index (χ1) is 9.67. The number of carboxylic acid groups (broad SMARTS) is 1. The summed E-state index contributed by atoms with van der Waals surface area (Å²) in [7, 11) is -2.85. The molecule has 0 amide bonds. The molecule has 1 heterocycles. The van der Waals surface area contributed by atoms with Crippen LogP contribution in [0.1, 0.15) is 30.8 Å². The Balaban J connectivity index is 2.99. The number of methoxy groups -OCH3 is 1. The van der Waals surface area contributed by atoms with Crippen molar-refractivity contribution >= 4 is 22.0 Å². The summed E-state index contributed by atoms with van der Waals surface area (Å²) < 4.78 is 31.1. The van der Waals surface area contributed by atoms with E-state index in [1.807, 2.05) is 13.8 Å². The number of hydrogen-bond acceptors (Lipinski definition) is 5. The largest absolute Gasteiger partial charge is 0.477 e. The fourth-order valence-electron chi connectivity index (χ4n) is 1.71. The zero-order valence-corrected chi connectivity index (χ0v) is 12.7. The second-order valence-corrected chi connectivity index (χ2v) is 6.59. The van der Waals surface area contributed by atoms with E-state index in [1.54, 1.807) is 0 Å². The minimum atomic E-state index is -4.02. The van der Waals surface area contributed by atoms with E-state index in [9.17, 15) is 18.0 Å². The SMILES string of the molecule is COC(=O)C(CC(C)C)NS(=O)(=O)c1c[nH]c(C(=O)O)c1. The Morgan fingerprint density at radius 1 is 1.43 bits per heavy atom. The summed E-state index contributed by atoms with van der Waals surface area (Å²) in [6.45, 7) is 3.67. The summed E-state index contributed by atoms with van der Waals surface area (Å²) in [5.41, 5.74) is -0.256. The van der Waals surface area contributed by atoms with Crippen molar-refractivity contribution in [1.82, 2.24) is 9.71 Å². The van der Waals surface area contributed by atoms with Gasteiger partial charge in [-0.1, -0.05) is 13.8 Å². The zero-order valence-electron chi connectivity index (χ0n) is 11.9. The van der Waals surface area contributed by atoms with Crippen LogP contribution in [0.25, 0.3) is 0 Å². The van der Waals surface area contributed by atoms with Gasteiger partial charge in [0.15, 0.2) is 0 Å². The second-order valence-electron chi connectivity index (χ2n) is 4.88. The Labute approximate surface area is 122 Å². The zero-order chi connectivity index (χ0) is 16.2. The molecule has 0 saturated carbocycles. The lowest BCUT2D eigenvalue weighted by Crippen LogP contribution is -2.42. The van der Waals surface area contributed by atoms with E-state index in [0.717, 1.165) is 12.3 Å². The summed E-state index contributed by atoms with van der Waals surface area (Å²) in [5, 5.41) is 8.77. The minimum absolute atomic E-state index is 0.0672. The van der Waals surface area contributed by atoms with Gasteiger partial charge in [-0.3, -0.25) is 4.79 Å². The van der Waals surface area contributed by atoms with Crippen molar-refractivity contribution < 1.29 is 27.9 Å². The number of carbonyl (C=O) groups is 2. The molecule has 0 spiro atoms. The Morgan fingerprint density at radius 3 is 2.48 bits per heavy atom. The number of nitrogens with one attached hydrogen (secondary N) is 2. The summed E-state index contributed by atoms with van der Waals surface area (Å²) in [6.07, 6.45) is 1.32. The molecule has 1 aromatic rings. The van der Waals surface area contributed by atoms with E-state index in [2.05, 4.69) is 14.4 Å². The summed E-state index contributed by atoms with van der Waals surface area (Å²) in [6, 6.07) is -0.0443. The smallest absolute Gasteiger partial charge is 0.352 e. The monoisotopic (exact) mass is 318 g/mol. The molecule has 1 unspecified atom stereocenters. The van der Waals surface area contributed by atoms with Gasteiger partial charge >= 0.3 is 11.9 Å². The number of H-pyrrole nitrogens is 1. The lowest BCUT2D eigenvalue weighted by molar-refractivity contribution is -0.143. The van der Waals surface area contributed by atoms with Gasteiger partial charge in [-0.2, -0.15) is 4.72 Å². The first-order valence-electron chi connectivity index (χ1n) is 6.19. The molecule has 21 heavy (non-hydrogen) atoms. The highest BCUT2D eigenvalue weighted by atomic mass is 32.2. The van der Waals surface area contributed by atoms with Gasteiger partial charge in [-0.25, -0.2) is 13.2 Å². The molecule has 0 saturated heterocycles. The normalized spacial score (nSPS) is 13.1. The molecule has 1 aromatic heterocycles. The standard InChI is InChI=1S/C12H18N2O6S/c1-7(2)4-10(12(17)20-3)14-21(18,19)8-5-9(11(15)16)13-6-8/h5-7,10,13-14H,4H2,1-3H3,(H,15,16). The number of esters is 1. The van der Waals surface area contributed by atoms with Crippen LogP contribution in [0.4, 0.5) is 0 Å². The Morgan fingerprint density at radius 2 is 2.05 bits per heavy atom. The molecule has 0 aliphatic carbocycles. The Hall–Kier alpha value is -1.87. The summed E-state index contributed by atoms with van der Waals surface area (Å²) in [4.78, 5) is 24.4. The van der Waals surface area contributed by atoms with Gasteiger partial charge in [0.25, 0.3) is 0 Å². The van der Waals surface area contributed by atoms with Gasteiger partial charge in [0.05, 0.1) is 7.11 Å². The van der Waals surface area contributed by atoms with Crippen LogP contribution in [-0.4, -0.2) is 43.6 Å². The van der Waals surface area contributed by atoms with Crippen molar-refractivity contribution in [2.75, 3.05) is 7.11 Å². The third-order valence-electron chi connectivity index (χ3n) is 2.69. The van der Waals surface area contributed by atoms with Crippen molar-refractivity contribution in [2.45, 2.75) is 31.2 Å². The van der Waals surface area contributed by atoms with Crippen molar-refractivity contribution in [1.29, 1.82) is 0 Å². The molecule has 0 bridgehead atoms. The average molecular weight is 318 g/mol. The van der Waals surface area contributed by atoms with Gasteiger partial charge in [-0.15, -0.1) is 0 Å². The van der Waals surface area contributed by atoms with Crippen molar-refractivity contribution in [3.05, 3.63) is 18.0 Å². The van der Waals surface area contributed by atoms with Crippen LogP contribution in [-0.2, 0) is 19.6 Å². The van der Waals surface area contributed by atoms with E-state index < -0.39 is 28.0 Å². The lowest BCUT2D eigenvalue weighted by atomic mass is 10.1. The molecule has 1 atom stereocenters. The highest BCUT2D eigenvalue weighted by Crippen LogP contribution is 2.14. The van der Waals surface area contributed by atoms with Crippen LogP contribution in [0.2, 0.25) is 0 Å². The number of carboxylic acids is 1. The average Bonchev–Trinajstić information content (AvgIpc) is 2.86. The molecule has 0 aliphatic rings. The molecule has 0 fully saturated rings. The molecular weight excluding hydrogens is 300 g/mol. The first-order valence-corrected chi connectivity index (χ1v) is 7.67. The highest BCUT2D eigenvalue weighted by molar-refractivity contribution is 7.89. The number of aromatic nitrogens is 1. The molecular formula is C12H18N2O6S. The Kier molecular flexibility index (Phi) is 5.50. The van der Waals surface area contributed by atoms with Crippen LogP contribution >= 0.6 is 0 Å². The maximum atomic E-state index is 12.1. The number of hydrogen-bond donors (Lipinski definition) is 3. The van der Waals surface area contributed by atoms with Crippen LogP contribution in [0.15, 0.2) is 17.2 Å². The molecule has 3 N–H and O–H groups in total. The molecule has 0 radical (unpaired) electrons. The Bertz CT molecular complexity index is 619. The molecule has 1 rings (SSSR count). The third-order valence-corrected chi connectivity index (χ3v) is 4.14. The van der Waals surface area contributed by atoms with Gasteiger partial charge in [-0.05, 0) is 18.4 Å². The predicted molar refractivity (Wildman–Crippen MR) is 73.3 cm³/mol. The van der Waals surface area contributed by atoms with Crippen LogP contribution in [0.5, 0.6) is 0 Å². The number of ether oxygens (including phenoxy) is 1. The van der Waals surface area contributed by atoms with Gasteiger partial charge in [0.2, 0.25) is 10.0 Å². The van der Waals surface area contributed by atoms with E-state index in [1.165, 1.54) is 7.11 Å². The fourth-order valence-corrected chi connectivity index (χ4v) is 2.90. The molecule has 0 aliphatic heterocycles. The van der Waals surface area contributed by atoms with E-state index in [4.69, 9.17) is 5.11 Å². The third kappa shape index (κ3) is 4.57. The fraction of sp³-hybridized carbons (Fsp3) is 0.500. The summed E-state index contributed by atoms with van der Waals surface area (Å²) >= 11 is 0. The maximum absolute atomic E-state index is 12.1.